The number of rotatable bonds is 3. The lowest BCUT2D eigenvalue weighted by Crippen LogP contribution is -2.24. The molecule has 0 spiro atoms. The summed E-state index contributed by atoms with van der Waals surface area (Å²) in [5.41, 5.74) is 11.2. The molecule has 1 atom stereocenters. The average molecular weight is 408 g/mol. The molecule has 1 N–H and O–H groups in total. The summed E-state index contributed by atoms with van der Waals surface area (Å²) in [6.07, 6.45) is 10.1. The molecule has 0 saturated heterocycles. The van der Waals surface area contributed by atoms with Crippen LogP contribution in [0.3, 0.4) is 0 Å². The fraction of sp³-hybridized carbons (Fsp3) is 0.269. The van der Waals surface area contributed by atoms with Crippen LogP contribution in [0.1, 0.15) is 41.5 Å². The number of nitrogens with zero attached hydrogens (tertiary/aromatic N) is 4. The van der Waals surface area contributed by atoms with Gasteiger partial charge < -0.3 is 5.32 Å². The molecular formula is C26H25N5. The second-order valence-corrected chi connectivity index (χ2v) is 8.84. The van der Waals surface area contributed by atoms with E-state index in [0.717, 1.165) is 59.5 Å². The van der Waals surface area contributed by atoms with E-state index in [-0.39, 0.29) is 0 Å². The number of aromatic nitrogens is 4. The van der Waals surface area contributed by atoms with Crippen LogP contribution >= 0.6 is 0 Å². The van der Waals surface area contributed by atoms with Gasteiger partial charge >= 0.3 is 0 Å². The summed E-state index contributed by atoms with van der Waals surface area (Å²) in [6.45, 7) is 4.12. The Hall–Kier alpha value is -3.47. The molecule has 2 aliphatic carbocycles. The normalized spacial score (nSPS) is 17.7. The van der Waals surface area contributed by atoms with Crippen molar-refractivity contribution in [3.05, 3.63) is 82.8 Å². The second kappa shape index (κ2) is 7.05. The summed E-state index contributed by atoms with van der Waals surface area (Å²) >= 11 is 0. The van der Waals surface area contributed by atoms with Crippen LogP contribution in [0.5, 0.6) is 0 Å². The van der Waals surface area contributed by atoms with Crippen molar-refractivity contribution in [1.29, 1.82) is 0 Å². The highest BCUT2D eigenvalue weighted by Gasteiger charge is 2.28. The Morgan fingerprint density at radius 1 is 1.06 bits per heavy atom. The van der Waals surface area contributed by atoms with Crippen LogP contribution in [0.15, 0.2) is 60.6 Å². The standard InChI is InChI=1S/C26H25N5/c1-16-9-20(15-27-13-16)24-12-25(31-26(30-24)17(2)14-28-31)29-21-8-7-19-10-18-5-3-4-6-22(18)23(19)11-21/h3-6,9,12-15,21,29H,7-8,10-11H2,1-2H3. The largest absolute Gasteiger partial charge is 0.367 e. The van der Waals surface area contributed by atoms with E-state index < -0.39 is 0 Å². The first-order valence-corrected chi connectivity index (χ1v) is 11.0. The predicted molar refractivity (Wildman–Crippen MR) is 124 cm³/mol. The molecule has 1 aromatic carbocycles. The van der Waals surface area contributed by atoms with Gasteiger partial charge in [0, 0.05) is 35.6 Å². The highest BCUT2D eigenvalue weighted by molar-refractivity contribution is 5.78. The van der Waals surface area contributed by atoms with Gasteiger partial charge in [0.2, 0.25) is 0 Å². The zero-order chi connectivity index (χ0) is 20.9. The summed E-state index contributed by atoms with van der Waals surface area (Å²) < 4.78 is 1.94. The average Bonchev–Trinajstić information content (AvgIpc) is 3.34. The fourth-order valence-electron chi connectivity index (χ4n) is 5.04. The van der Waals surface area contributed by atoms with Crippen LogP contribution in [0.25, 0.3) is 22.5 Å². The molecule has 1 unspecified atom stereocenters. The van der Waals surface area contributed by atoms with E-state index in [2.05, 4.69) is 65.6 Å². The number of nitrogens with one attached hydrogen (secondary N) is 1. The van der Waals surface area contributed by atoms with E-state index >= 15 is 0 Å². The van der Waals surface area contributed by atoms with Crippen molar-refractivity contribution >= 4 is 17.0 Å². The Kier molecular flexibility index (Phi) is 4.16. The van der Waals surface area contributed by atoms with Gasteiger partial charge in [-0.15, -0.1) is 0 Å². The highest BCUT2D eigenvalue weighted by Crippen LogP contribution is 2.42. The molecule has 4 aromatic rings. The number of hydrogen-bond acceptors (Lipinski definition) is 4. The van der Waals surface area contributed by atoms with Gasteiger partial charge in [0.15, 0.2) is 5.65 Å². The maximum absolute atomic E-state index is 4.89. The molecule has 31 heavy (non-hydrogen) atoms. The van der Waals surface area contributed by atoms with E-state index in [1.807, 2.05) is 23.1 Å². The lowest BCUT2D eigenvalue weighted by Gasteiger charge is -2.26. The minimum atomic E-state index is 0.378. The first-order chi connectivity index (χ1) is 15.2. The Balaban J connectivity index is 1.36. The second-order valence-electron chi connectivity index (χ2n) is 8.84. The van der Waals surface area contributed by atoms with Gasteiger partial charge in [0.05, 0.1) is 11.9 Å². The van der Waals surface area contributed by atoms with Crippen LogP contribution in [0.4, 0.5) is 5.82 Å². The lowest BCUT2D eigenvalue weighted by atomic mass is 9.88. The molecule has 2 aliphatic rings. The first-order valence-electron chi connectivity index (χ1n) is 11.0. The van der Waals surface area contributed by atoms with Gasteiger partial charge in [0.25, 0.3) is 0 Å². The molecule has 5 heteroatoms. The van der Waals surface area contributed by atoms with Gasteiger partial charge in [0.1, 0.15) is 5.82 Å². The van der Waals surface area contributed by atoms with Crippen LogP contribution in [-0.2, 0) is 6.42 Å². The molecule has 6 rings (SSSR count). The Bertz CT molecular complexity index is 1350. The summed E-state index contributed by atoms with van der Waals surface area (Å²) in [5, 5.41) is 8.41. The van der Waals surface area contributed by atoms with Gasteiger partial charge in [-0.3, -0.25) is 4.98 Å². The van der Waals surface area contributed by atoms with Gasteiger partial charge in [-0.2, -0.15) is 9.61 Å². The minimum Gasteiger partial charge on any atom is -0.367 e. The monoisotopic (exact) mass is 407 g/mol. The van der Waals surface area contributed by atoms with Crippen molar-refractivity contribution in [2.24, 2.45) is 0 Å². The number of benzene rings is 1. The molecule has 3 aromatic heterocycles. The smallest absolute Gasteiger partial charge is 0.160 e. The van der Waals surface area contributed by atoms with E-state index in [1.54, 1.807) is 11.1 Å². The number of allylic oxidation sites excluding steroid dienone is 1. The summed E-state index contributed by atoms with van der Waals surface area (Å²) in [5.74, 6) is 0.995. The molecule has 3 heterocycles. The quantitative estimate of drug-likeness (QED) is 0.495. The van der Waals surface area contributed by atoms with Crippen LogP contribution < -0.4 is 5.32 Å². The number of fused-ring (bicyclic) bond motifs is 3. The fourth-order valence-corrected chi connectivity index (χ4v) is 5.04. The summed E-state index contributed by atoms with van der Waals surface area (Å²) in [4.78, 5) is 9.26. The van der Waals surface area contributed by atoms with Crippen LogP contribution in [0, 0.1) is 13.8 Å². The van der Waals surface area contributed by atoms with Crippen molar-refractivity contribution in [3.8, 4) is 11.3 Å². The number of hydrogen-bond donors (Lipinski definition) is 1. The molecule has 5 nitrogen and oxygen atoms in total. The topological polar surface area (TPSA) is 55.1 Å². The third-order valence-electron chi connectivity index (χ3n) is 6.59. The molecule has 0 saturated carbocycles. The lowest BCUT2D eigenvalue weighted by molar-refractivity contribution is 0.629. The van der Waals surface area contributed by atoms with Crippen molar-refractivity contribution in [3.63, 3.8) is 0 Å². The highest BCUT2D eigenvalue weighted by atomic mass is 15.3. The van der Waals surface area contributed by atoms with Gasteiger partial charge in [-0.05, 0) is 67.9 Å². The Morgan fingerprint density at radius 3 is 2.87 bits per heavy atom. The molecule has 0 amide bonds. The molecule has 0 fully saturated rings. The summed E-state index contributed by atoms with van der Waals surface area (Å²) in [7, 11) is 0. The molecule has 0 radical (unpaired) electrons. The molecule has 154 valence electrons. The minimum absolute atomic E-state index is 0.378. The van der Waals surface area contributed by atoms with E-state index in [4.69, 9.17) is 4.98 Å². The third-order valence-corrected chi connectivity index (χ3v) is 6.59. The summed E-state index contributed by atoms with van der Waals surface area (Å²) in [6, 6.07) is 13.5. The van der Waals surface area contributed by atoms with Crippen molar-refractivity contribution < 1.29 is 0 Å². The first kappa shape index (κ1) is 18.3. The SMILES string of the molecule is Cc1cncc(-c2cc(NC3CCC4=C(C3)c3ccccc3C4)n3ncc(C)c3n2)c1. The zero-order valence-corrected chi connectivity index (χ0v) is 17.9. The van der Waals surface area contributed by atoms with Crippen molar-refractivity contribution in [2.45, 2.75) is 45.6 Å². The molecule has 0 bridgehead atoms. The predicted octanol–water partition coefficient (Wildman–Crippen LogP) is 5.38. The Morgan fingerprint density at radius 2 is 1.97 bits per heavy atom. The Labute approximate surface area is 181 Å². The van der Waals surface area contributed by atoms with E-state index in [0.29, 0.717) is 6.04 Å². The van der Waals surface area contributed by atoms with Crippen molar-refractivity contribution in [2.75, 3.05) is 5.32 Å². The van der Waals surface area contributed by atoms with Crippen LogP contribution in [-0.4, -0.2) is 25.6 Å². The van der Waals surface area contributed by atoms with Crippen molar-refractivity contribution in [1.82, 2.24) is 19.6 Å². The molecular weight excluding hydrogens is 382 g/mol. The van der Waals surface area contributed by atoms with Gasteiger partial charge in [-0.1, -0.05) is 29.8 Å². The maximum Gasteiger partial charge on any atom is 0.160 e. The van der Waals surface area contributed by atoms with Crippen LogP contribution in [0.2, 0.25) is 0 Å². The van der Waals surface area contributed by atoms with E-state index in [9.17, 15) is 0 Å². The number of anilines is 1. The number of aryl methyl sites for hydroxylation is 2. The van der Waals surface area contributed by atoms with E-state index in [1.165, 1.54) is 11.1 Å². The molecule has 0 aliphatic heterocycles. The van der Waals surface area contributed by atoms with Gasteiger partial charge in [-0.25, -0.2) is 4.98 Å². The third kappa shape index (κ3) is 3.12. The maximum atomic E-state index is 4.89. The number of pyridine rings is 1. The zero-order valence-electron chi connectivity index (χ0n) is 17.9.